The fourth-order valence-corrected chi connectivity index (χ4v) is 3.73. The van der Waals surface area contributed by atoms with Gasteiger partial charge in [-0.2, -0.15) is 0 Å². The number of hydrogen-bond acceptors (Lipinski definition) is 5. The van der Waals surface area contributed by atoms with E-state index in [-0.39, 0.29) is 5.91 Å². The summed E-state index contributed by atoms with van der Waals surface area (Å²) >= 11 is 8.94. The summed E-state index contributed by atoms with van der Waals surface area (Å²) in [5.41, 5.74) is 2.01. The highest BCUT2D eigenvalue weighted by molar-refractivity contribution is 8.00. The number of anilines is 1. The molecule has 0 spiro atoms. The van der Waals surface area contributed by atoms with Crippen molar-refractivity contribution < 1.29 is 4.79 Å². The number of carbonyl (C=O) groups excluding carboxylic acids is 1. The van der Waals surface area contributed by atoms with E-state index >= 15 is 0 Å². The maximum Gasteiger partial charge on any atom is 0.236 e. The SMILES string of the molecule is Cc1ccc(SCC(=O)Nc2nnc(-c3ccccc3Cl)s2)cc1. The minimum atomic E-state index is -0.109. The fourth-order valence-electron chi connectivity index (χ4n) is 1.96. The van der Waals surface area contributed by atoms with Crippen LogP contribution in [0.4, 0.5) is 5.13 Å². The van der Waals surface area contributed by atoms with Gasteiger partial charge in [-0.25, -0.2) is 0 Å². The first-order valence-electron chi connectivity index (χ1n) is 7.19. The number of nitrogens with zero attached hydrogens (tertiary/aromatic N) is 2. The smallest absolute Gasteiger partial charge is 0.236 e. The molecule has 0 fully saturated rings. The summed E-state index contributed by atoms with van der Waals surface area (Å²) in [5, 5.41) is 12.6. The van der Waals surface area contributed by atoms with Gasteiger partial charge in [0.1, 0.15) is 0 Å². The van der Waals surface area contributed by atoms with Crippen molar-refractivity contribution in [2.24, 2.45) is 0 Å². The second-order valence-corrected chi connectivity index (χ2v) is 7.48. The Hall–Kier alpha value is -1.89. The lowest BCUT2D eigenvalue weighted by molar-refractivity contribution is -0.113. The molecular formula is C17H14ClN3OS2. The van der Waals surface area contributed by atoms with Gasteiger partial charge in [0.2, 0.25) is 11.0 Å². The molecule has 3 rings (SSSR count). The van der Waals surface area contributed by atoms with Crippen LogP contribution in [0.25, 0.3) is 10.6 Å². The van der Waals surface area contributed by atoms with Gasteiger partial charge in [-0.3, -0.25) is 10.1 Å². The van der Waals surface area contributed by atoms with Crippen LogP contribution in [-0.4, -0.2) is 21.9 Å². The largest absolute Gasteiger partial charge is 0.300 e. The lowest BCUT2D eigenvalue weighted by Gasteiger charge is -2.02. The van der Waals surface area contributed by atoms with Crippen LogP contribution < -0.4 is 5.32 Å². The Kier molecular flexibility index (Phi) is 5.50. The molecule has 0 aliphatic heterocycles. The highest BCUT2D eigenvalue weighted by atomic mass is 35.5. The number of aromatic nitrogens is 2. The van der Waals surface area contributed by atoms with Crippen molar-refractivity contribution in [3.05, 3.63) is 59.1 Å². The van der Waals surface area contributed by atoms with Gasteiger partial charge in [0.15, 0.2) is 5.01 Å². The minimum Gasteiger partial charge on any atom is -0.300 e. The summed E-state index contributed by atoms with van der Waals surface area (Å²) in [6, 6.07) is 15.5. The van der Waals surface area contributed by atoms with E-state index in [1.807, 2.05) is 49.4 Å². The molecule has 0 radical (unpaired) electrons. The molecule has 0 aliphatic carbocycles. The number of carbonyl (C=O) groups is 1. The summed E-state index contributed by atoms with van der Waals surface area (Å²) < 4.78 is 0. The van der Waals surface area contributed by atoms with E-state index in [1.54, 1.807) is 6.07 Å². The second-order valence-electron chi connectivity index (χ2n) is 5.04. The Morgan fingerprint density at radius 2 is 1.92 bits per heavy atom. The second kappa shape index (κ2) is 7.79. The number of halogens is 1. The van der Waals surface area contributed by atoms with Crippen molar-refractivity contribution >= 4 is 45.7 Å². The van der Waals surface area contributed by atoms with Crippen LogP contribution in [-0.2, 0) is 4.79 Å². The Labute approximate surface area is 153 Å². The Balaban J connectivity index is 1.59. The Morgan fingerprint density at radius 3 is 2.67 bits per heavy atom. The molecule has 2 aromatic carbocycles. The molecule has 0 atom stereocenters. The quantitative estimate of drug-likeness (QED) is 0.644. The van der Waals surface area contributed by atoms with E-state index in [1.165, 1.54) is 28.7 Å². The molecule has 1 amide bonds. The first-order valence-corrected chi connectivity index (χ1v) is 9.37. The molecule has 3 aromatic rings. The van der Waals surface area contributed by atoms with Crippen LogP contribution in [0.2, 0.25) is 5.02 Å². The van der Waals surface area contributed by atoms with Crippen LogP contribution in [0, 0.1) is 6.92 Å². The molecule has 0 unspecified atom stereocenters. The van der Waals surface area contributed by atoms with E-state index in [4.69, 9.17) is 11.6 Å². The van der Waals surface area contributed by atoms with Crippen molar-refractivity contribution in [1.29, 1.82) is 0 Å². The lowest BCUT2D eigenvalue weighted by atomic mass is 10.2. The number of benzene rings is 2. The fraction of sp³-hybridized carbons (Fsp3) is 0.118. The summed E-state index contributed by atoms with van der Waals surface area (Å²) in [6.45, 7) is 2.03. The Morgan fingerprint density at radius 1 is 1.17 bits per heavy atom. The predicted octanol–water partition coefficient (Wildman–Crippen LogP) is 4.90. The lowest BCUT2D eigenvalue weighted by Crippen LogP contribution is -2.13. The van der Waals surface area contributed by atoms with Crippen molar-refractivity contribution in [3.8, 4) is 10.6 Å². The first-order chi connectivity index (χ1) is 11.6. The molecule has 7 heteroatoms. The zero-order valence-corrected chi connectivity index (χ0v) is 15.2. The van der Waals surface area contributed by atoms with Gasteiger partial charge < -0.3 is 0 Å². The predicted molar refractivity (Wildman–Crippen MR) is 101 cm³/mol. The van der Waals surface area contributed by atoms with E-state index in [0.717, 1.165) is 10.5 Å². The van der Waals surface area contributed by atoms with Gasteiger partial charge in [0, 0.05) is 10.5 Å². The highest BCUT2D eigenvalue weighted by Crippen LogP contribution is 2.31. The van der Waals surface area contributed by atoms with Crippen molar-refractivity contribution in [2.45, 2.75) is 11.8 Å². The van der Waals surface area contributed by atoms with Gasteiger partial charge >= 0.3 is 0 Å². The maximum absolute atomic E-state index is 12.0. The highest BCUT2D eigenvalue weighted by Gasteiger charge is 2.12. The summed E-state index contributed by atoms with van der Waals surface area (Å²) in [6.07, 6.45) is 0. The normalized spacial score (nSPS) is 10.6. The molecule has 0 saturated carbocycles. The molecule has 1 N–H and O–H groups in total. The summed E-state index contributed by atoms with van der Waals surface area (Å²) in [5.74, 6) is 0.215. The van der Waals surface area contributed by atoms with Crippen molar-refractivity contribution in [3.63, 3.8) is 0 Å². The standard InChI is InChI=1S/C17H14ClN3OS2/c1-11-6-8-12(9-7-11)23-10-15(22)19-17-21-20-16(24-17)13-4-2-3-5-14(13)18/h2-9H,10H2,1H3,(H,19,21,22). The first kappa shape index (κ1) is 17.0. The van der Waals surface area contributed by atoms with Gasteiger partial charge in [-0.1, -0.05) is 58.8 Å². The van der Waals surface area contributed by atoms with Crippen LogP contribution in [0.3, 0.4) is 0 Å². The van der Waals surface area contributed by atoms with Gasteiger partial charge in [-0.05, 0) is 25.1 Å². The third-order valence-electron chi connectivity index (χ3n) is 3.17. The Bertz CT molecular complexity index is 849. The third kappa shape index (κ3) is 4.35. The molecule has 4 nitrogen and oxygen atoms in total. The van der Waals surface area contributed by atoms with E-state index in [2.05, 4.69) is 15.5 Å². The van der Waals surface area contributed by atoms with E-state index in [9.17, 15) is 4.79 Å². The summed E-state index contributed by atoms with van der Waals surface area (Å²) in [4.78, 5) is 13.1. The van der Waals surface area contributed by atoms with Crippen molar-refractivity contribution in [2.75, 3.05) is 11.1 Å². The monoisotopic (exact) mass is 375 g/mol. The van der Waals surface area contributed by atoms with Crippen LogP contribution >= 0.6 is 34.7 Å². The molecule has 122 valence electrons. The average Bonchev–Trinajstić information content (AvgIpc) is 3.03. The van der Waals surface area contributed by atoms with Crippen LogP contribution in [0.15, 0.2) is 53.4 Å². The molecule has 0 bridgehead atoms. The zero-order chi connectivity index (χ0) is 16.9. The molecule has 1 heterocycles. The van der Waals surface area contributed by atoms with E-state index in [0.29, 0.717) is 20.9 Å². The minimum absolute atomic E-state index is 0.109. The average molecular weight is 376 g/mol. The molecule has 1 aromatic heterocycles. The molecular weight excluding hydrogens is 362 g/mol. The van der Waals surface area contributed by atoms with Crippen molar-refractivity contribution in [1.82, 2.24) is 10.2 Å². The zero-order valence-electron chi connectivity index (χ0n) is 12.8. The van der Waals surface area contributed by atoms with E-state index < -0.39 is 0 Å². The van der Waals surface area contributed by atoms with Gasteiger partial charge in [0.25, 0.3) is 0 Å². The van der Waals surface area contributed by atoms with Gasteiger partial charge in [0.05, 0.1) is 10.8 Å². The third-order valence-corrected chi connectivity index (χ3v) is 5.38. The molecule has 0 aliphatic rings. The number of aryl methyl sites for hydroxylation is 1. The number of rotatable bonds is 5. The number of nitrogens with one attached hydrogen (secondary N) is 1. The summed E-state index contributed by atoms with van der Waals surface area (Å²) in [7, 11) is 0. The maximum atomic E-state index is 12.0. The van der Waals surface area contributed by atoms with Crippen LogP contribution in [0.5, 0.6) is 0 Å². The number of hydrogen-bond donors (Lipinski definition) is 1. The van der Waals surface area contributed by atoms with Crippen LogP contribution in [0.1, 0.15) is 5.56 Å². The number of thioether (sulfide) groups is 1. The molecule has 0 saturated heterocycles. The molecule has 24 heavy (non-hydrogen) atoms. The van der Waals surface area contributed by atoms with Gasteiger partial charge in [-0.15, -0.1) is 22.0 Å². The number of amides is 1. The topological polar surface area (TPSA) is 54.9 Å².